The quantitative estimate of drug-likeness (QED) is 0.765. The molecule has 1 fully saturated rings. The van der Waals surface area contributed by atoms with Gasteiger partial charge in [0.1, 0.15) is 0 Å². The number of hydrazone groups is 1. The largest absolute Gasteiger partial charge is 0.439 e. The van der Waals surface area contributed by atoms with E-state index in [0.29, 0.717) is 23.7 Å². The first-order valence-corrected chi connectivity index (χ1v) is 8.51. The van der Waals surface area contributed by atoms with Crippen molar-refractivity contribution in [2.24, 2.45) is 11.0 Å². The molecule has 0 spiro atoms. The minimum atomic E-state index is -5.00. The van der Waals surface area contributed by atoms with E-state index < -0.39 is 23.7 Å². The fraction of sp³-hybridized carbons (Fsp3) is 0.500. The minimum absolute atomic E-state index is 0.0287. The van der Waals surface area contributed by atoms with E-state index in [2.05, 4.69) is 21.0 Å². The Morgan fingerprint density at radius 3 is 2.67 bits per heavy atom. The Bertz CT molecular complexity index is 692. The monoisotopic (exact) mass is 404 g/mol. The van der Waals surface area contributed by atoms with Gasteiger partial charge in [-0.05, 0) is 47.3 Å². The molecule has 130 valence electrons. The Kier molecular flexibility index (Phi) is 4.46. The van der Waals surface area contributed by atoms with Crippen LogP contribution in [-0.2, 0) is 0 Å². The van der Waals surface area contributed by atoms with Crippen LogP contribution in [0, 0.1) is 5.92 Å². The summed E-state index contributed by atoms with van der Waals surface area (Å²) in [5.41, 5.74) is -3.01. The molecular weight excluding hydrogens is 389 g/mol. The summed E-state index contributed by atoms with van der Waals surface area (Å²) in [7, 11) is 0. The molecule has 1 N–H and O–H groups in total. The van der Waals surface area contributed by atoms with E-state index in [9.17, 15) is 23.1 Å². The van der Waals surface area contributed by atoms with Crippen LogP contribution in [0.5, 0.6) is 0 Å². The lowest BCUT2D eigenvalue weighted by molar-refractivity contribution is -0.312. The van der Waals surface area contributed by atoms with Gasteiger partial charge in [0, 0.05) is 10.2 Å². The van der Waals surface area contributed by atoms with Gasteiger partial charge in [0.25, 0.3) is 11.6 Å². The zero-order chi connectivity index (χ0) is 17.5. The van der Waals surface area contributed by atoms with E-state index >= 15 is 0 Å². The first-order chi connectivity index (χ1) is 11.3. The van der Waals surface area contributed by atoms with E-state index in [0.717, 1.165) is 6.42 Å². The van der Waals surface area contributed by atoms with Crippen LogP contribution < -0.4 is 0 Å². The average Bonchev–Trinajstić information content (AvgIpc) is 2.68. The lowest BCUT2D eigenvalue weighted by Gasteiger charge is -2.37. The summed E-state index contributed by atoms with van der Waals surface area (Å²) in [6, 6.07) is 6.15. The highest BCUT2D eigenvalue weighted by Crippen LogP contribution is 2.48. The second-order valence-electron chi connectivity index (χ2n) is 6.06. The molecule has 4 nitrogen and oxygen atoms in total. The number of hydrogen-bond donors (Lipinski definition) is 1. The molecule has 2 aliphatic rings. The first kappa shape index (κ1) is 17.4. The molecule has 1 heterocycles. The molecule has 1 amide bonds. The van der Waals surface area contributed by atoms with E-state index in [1.807, 2.05) is 0 Å². The number of rotatable bonds is 1. The summed E-state index contributed by atoms with van der Waals surface area (Å²) in [6.07, 6.45) is -2.40. The fourth-order valence-electron chi connectivity index (χ4n) is 3.34. The summed E-state index contributed by atoms with van der Waals surface area (Å²) in [5, 5.41) is 14.7. The Hall–Kier alpha value is -1.41. The number of alkyl halides is 3. The van der Waals surface area contributed by atoms with Gasteiger partial charge in [-0.1, -0.05) is 25.0 Å². The van der Waals surface area contributed by atoms with Crippen molar-refractivity contribution in [2.75, 3.05) is 0 Å². The SMILES string of the molecule is O=C(c1ccccc1Br)N1N=C2CCCCC[C@H]2[C@]1(O)C(F)(F)F. The third kappa shape index (κ3) is 2.65. The Balaban J connectivity index is 2.07. The molecule has 0 aromatic heterocycles. The number of amides is 1. The molecule has 0 unspecified atom stereocenters. The molecule has 1 aromatic rings. The molecule has 24 heavy (non-hydrogen) atoms. The highest BCUT2D eigenvalue weighted by atomic mass is 79.9. The minimum Gasteiger partial charge on any atom is -0.362 e. The first-order valence-electron chi connectivity index (χ1n) is 7.72. The van der Waals surface area contributed by atoms with Crippen LogP contribution in [0.1, 0.15) is 42.5 Å². The summed E-state index contributed by atoms with van der Waals surface area (Å²) in [4.78, 5) is 12.7. The number of hydrogen-bond acceptors (Lipinski definition) is 3. The van der Waals surface area contributed by atoms with Crippen molar-refractivity contribution in [3.63, 3.8) is 0 Å². The molecule has 3 rings (SSSR count). The number of aliphatic hydroxyl groups is 1. The normalized spacial score (nSPS) is 27.5. The van der Waals surface area contributed by atoms with E-state index in [4.69, 9.17) is 0 Å². The maximum absolute atomic E-state index is 13.7. The second kappa shape index (κ2) is 6.15. The van der Waals surface area contributed by atoms with E-state index in [1.54, 1.807) is 18.2 Å². The van der Waals surface area contributed by atoms with Crippen molar-refractivity contribution in [2.45, 2.75) is 44.0 Å². The molecule has 1 aliphatic heterocycles. The number of carbonyl (C=O) groups is 1. The number of halogens is 4. The predicted octanol–water partition coefficient (Wildman–Crippen LogP) is 4.09. The molecule has 1 aromatic carbocycles. The van der Waals surface area contributed by atoms with Crippen molar-refractivity contribution in [1.82, 2.24) is 5.01 Å². The van der Waals surface area contributed by atoms with E-state index in [1.165, 1.54) is 6.07 Å². The van der Waals surface area contributed by atoms with Crippen molar-refractivity contribution < 1.29 is 23.1 Å². The van der Waals surface area contributed by atoms with Gasteiger partial charge in [-0.2, -0.15) is 23.3 Å². The summed E-state index contributed by atoms with van der Waals surface area (Å²) >= 11 is 3.16. The van der Waals surface area contributed by atoms with Crippen molar-refractivity contribution in [1.29, 1.82) is 0 Å². The van der Waals surface area contributed by atoms with Crippen LogP contribution in [0.3, 0.4) is 0 Å². The van der Waals surface area contributed by atoms with Crippen molar-refractivity contribution >= 4 is 27.5 Å². The molecule has 1 aliphatic carbocycles. The van der Waals surface area contributed by atoms with Gasteiger partial charge in [-0.15, -0.1) is 0 Å². The molecule has 8 heteroatoms. The third-order valence-electron chi connectivity index (χ3n) is 4.58. The van der Waals surface area contributed by atoms with Crippen LogP contribution in [0.15, 0.2) is 33.8 Å². The van der Waals surface area contributed by atoms with Gasteiger partial charge in [-0.25, -0.2) is 0 Å². The summed E-state index contributed by atoms with van der Waals surface area (Å²) in [6.45, 7) is 0. The number of carbonyl (C=O) groups excluding carboxylic acids is 1. The number of benzene rings is 1. The Morgan fingerprint density at radius 1 is 1.29 bits per heavy atom. The molecule has 0 radical (unpaired) electrons. The zero-order valence-corrected chi connectivity index (χ0v) is 14.3. The van der Waals surface area contributed by atoms with Crippen LogP contribution in [0.25, 0.3) is 0 Å². The lowest BCUT2D eigenvalue weighted by Crippen LogP contribution is -2.61. The molecule has 2 atom stereocenters. The summed E-state index contributed by atoms with van der Waals surface area (Å²) < 4.78 is 41.6. The van der Waals surface area contributed by atoms with Gasteiger partial charge >= 0.3 is 6.18 Å². The number of fused-ring (bicyclic) bond motifs is 1. The Labute approximate surface area is 145 Å². The van der Waals surface area contributed by atoms with E-state index in [-0.39, 0.29) is 22.7 Å². The topological polar surface area (TPSA) is 52.9 Å². The van der Waals surface area contributed by atoms with Crippen LogP contribution in [0.2, 0.25) is 0 Å². The Morgan fingerprint density at radius 2 is 2.00 bits per heavy atom. The highest BCUT2D eigenvalue weighted by molar-refractivity contribution is 9.10. The second-order valence-corrected chi connectivity index (χ2v) is 6.92. The molecule has 0 saturated heterocycles. The van der Waals surface area contributed by atoms with Gasteiger partial charge in [0.15, 0.2) is 0 Å². The van der Waals surface area contributed by atoms with Crippen LogP contribution in [-0.4, -0.2) is 33.6 Å². The number of nitrogens with zero attached hydrogens (tertiary/aromatic N) is 2. The third-order valence-corrected chi connectivity index (χ3v) is 5.27. The predicted molar refractivity (Wildman–Crippen MR) is 85.3 cm³/mol. The smallest absolute Gasteiger partial charge is 0.362 e. The molecular formula is C16H16BrF3N2O2. The fourth-order valence-corrected chi connectivity index (χ4v) is 3.80. The van der Waals surface area contributed by atoms with Gasteiger partial charge < -0.3 is 5.11 Å². The van der Waals surface area contributed by atoms with Crippen molar-refractivity contribution in [3.8, 4) is 0 Å². The van der Waals surface area contributed by atoms with Gasteiger partial charge in [0.2, 0.25) is 0 Å². The van der Waals surface area contributed by atoms with Crippen LogP contribution in [0.4, 0.5) is 13.2 Å². The standard InChI is InChI=1S/C16H16BrF3N2O2/c17-12-8-5-4-6-10(12)14(23)22-15(24,16(18,19)20)11-7-2-1-3-9-13(11)21-22/h4-6,8,11,24H,1-3,7,9H2/t11-,15+/m1/s1. The molecule has 1 saturated carbocycles. The molecule has 0 bridgehead atoms. The summed E-state index contributed by atoms with van der Waals surface area (Å²) in [5.74, 6) is -2.17. The maximum atomic E-state index is 13.7. The highest BCUT2D eigenvalue weighted by Gasteiger charge is 2.68. The average molecular weight is 405 g/mol. The van der Waals surface area contributed by atoms with Gasteiger partial charge in [-0.3, -0.25) is 4.79 Å². The van der Waals surface area contributed by atoms with Gasteiger partial charge in [0.05, 0.1) is 11.5 Å². The van der Waals surface area contributed by atoms with Crippen LogP contribution >= 0.6 is 15.9 Å². The maximum Gasteiger partial charge on any atom is 0.439 e. The van der Waals surface area contributed by atoms with Crippen molar-refractivity contribution in [3.05, 3.63) is 34.3 Å². The zero-order valence-electron chi connectivity index (χ0n) is 12.7. The lowest BCUT2D eigenvalue weighted by atomic mass is 9.87.